The monoisotopic (exact) mass is 812 g/mol. The Morgan fingerprint density at radius 1 is 0.564 bits per heavy atom. The van der Waals surface area contributed by atoms with Crippen molar-refractivity contribution in [1.29, 1.82) is 0 Å². The molecule has 55 heavy (non-hydrogen) atoms. The average Bonchev–Trinajstić information content (AvgIpc) is 2.99. The van der Waals surface area contributed by atoms with Crippen LogP contribution in [0, 0.1) is 5.41 Å². The first-order valence-corrected chi connectivity index (χ1v) is 16.2. The number of carbonyl (C=O) groups is 2. The van der Waals surface area contributed by atoms with Crippen molar-refractivity contribution in [3.05, 3.63) is 59.7 Å². The lowest BCUT2D eigenvalue weighted by Crippen LogP contribution is -2.54. The Kier molecular flexibility index (Phi) is 16.3. The Morgan fingerprint density at radius 3 is 1.47 bits per heavy atom. The zero-order chi connectivity index (χ0) is 41.9. The van der Waals surface area contributed by atoms with Crippen molar-refractivity contribution in [3.63, 3.8) is 0 Å². The number of alkyl halides is 10. The van der Waals surface area contributed by atoms with Gasteiger partial charge in [0.25, 0.3) is 0 Å². The number of carbonyl (C=O) groups excluding carboxylic acids is 2. The molecule has 312 valence electrons. The van der Waals surface area contributed by atoms with E-state index in [1.54, 1.807) is 65.8 Å². The third-order valence-electron chi connectivity index (χ3n) is 6.40. The lowest BCUT2D eigenvalue weighted by molar-refractivity contribution is -0.566. The Balaban J connectivity index is 1.76. The number of rotatable bonds is 21. The molecule has 2 aromatic carbocycles. The van der Waals surface area contributed by atoms with E-state index in [4.69, 9.17) is 9.47 Å². The fraction of sp³-hybridized carbons (Fsp3) is 0.588. The molecule has 0 bridgehead atoms. The largest absolute Gasteiger partial charge is 0.495 e. The number of amides is 2. The highest BCUT2D eigenvalue weighted by molar-refractivity contribution is 5.94. The highest BCUT2D eigenvalue weighted by Gasteiger charge is 2.68. The van der Waals surface area contributed by atoms with E-state index in [0.29, 0.717) is 12.1 Å². The molecule has 21 heteroatoms. The predicted octanol–water partition coefficient (Wildman–Crippen LogP) is 8.63. The molecule has 2 rings (SSSR count). The Morgan fingerprint density at radius 2 is 1.00 bits per heavy atom. The van der Waals surface area contributed by atoms with Gasteiger partial charge >= 0.3 is 36.8 Å². The Bertz CT molecular complexity index is 1520. The molecule has 0 heterocycles. The number of benzene rings is 2. The highest BCUT2D eigenvalue weighted by atomic mass is 19.3. The van der Waals surface area contributed by atoms with Crippen LogP contribution < -0.4 is 10.6 Å². The maximum absolute atomic E-state index is 13.9. The number of ether oxygens (including phenoxy) is 7. The van der Waals surface area contributed by atoms with Crippen LogP contribution in [0.3, 0.4) is 0 Å². The molecular formula is C34H42F10N2O9. The molecular weight excluding hydrogens is 770 g/mol. The van der Waals surface area contributed by atoms with Crippen LogP contribution in [0.25, 0.3) is 0 Å². The summed E-state index contributed by atoms with van der Waals surface area (Å²) in [6.45, 7) is 3.41. The molecule has 0 saturated carbocycles. The highest BCUT2D eigenvalue weighted by Crippen LogP contribution is 2.44. The van der Waals surface area contributed by atoms with E-state index in [9.17, 15) is 53.5 Å². The lowest BCUT2D eigenvalue weighted by atomic mass is 9.95. The Hall–Kier alpha value is -3.76. The topological polar surface area (TPSA) is 123 Å². The van der Waals surface area contributed by atoms with Gasteiger partial charge in [0.05, 0.1) is 25.4 Å². The summed E-state index contributed by atoms with van der Waals surface area (Å²) in [4.78, 5) is 24.1. The summed E-state index contributed by atoms with van der Waals surface area (Å²) >= 11 is 0. The lowest BCUT2D eigenvalue weighted by Gasteiger charge is -2.31. The van der Waals surface area contributed by atoms with Gasteiger partial charge in [-0.2, -0.15) is 35.1 Å². The molecule has 0 aromatic heterocycles. The SMILES string of the molecule is CC(C)(C)OCCOCC(F)(F)OC(F)(F)OC(F)(F)C(F)(F)OC(F)(F)COCCOC(=O)Nc1ccc(Cc2ccc(NC(=O)C(C)(C)C)cc2)cc1. The zero-order valence-electron chi connectivity index (χ0n) is 30.5. The number of nitrogens with one attached hydrogen (secondary N) is 2. The minimum atomic E-state index is -6.66. The normalized spacial score (nSPS) is 13.5. The molecule has 0 unspecified atom stereocenters. The van der Waals surface area contributed by atoms with Gasteiger partial charge < -0.3 is 24.3 Å². The Labute approximate surface area is 309 Å². The van der Waals surface area contributed by atoms with Crippen molar-refractivity contribution in [2.24, 2.45) is 5.41 Å². The van der Waals surface area contributed by atoms with E-state index < -0.39 is 80.9 Å². The molecule has 0 spiro atoms. The van der Waals surface area contributed by atoms with Gasteiger partial charge in [0.1, 0.15) is 19.8 Å². The van der Waals surface area contributed by atoms with E-state index >= 15 is 0 Å². The smallest absolute Gasteiger partial charge is 0.447 e. The molecule has 0 atom stereocenters. The second-order valence-electron chi connectivity index (χ2n) is 13.7. The van der Waals surface area contributed by atoms with Gasteiger partial charge in [0, 0.05) is 16.8 Å². The van der Waals surface area contributed by atoms with Crippen LogP contribution in [-0.2, 0) is 44.4 Å². The summed E-state index contributed by atoms with van der Waals surface area (Å²) in [5, 5.41) is 5.14. The van der Waals surface area contributed by atoms with Crippen molar-refractivity contribution in [2.75, 3.05) is 50.3 Å². The van der Waals surface area contributed by atoms with Gasteiger partial charge in [-0.15, -0.1) is 8.78 Å². The van der Waals surface area contributed by atoms with Crippen molar-refractivity contribution >= 4 is 23.4 Å². The summed E-state index contributed by atoms with van der Waals surface area (Å²) in [5.41, 5.74) is 1.38. The molecule has 0 aliphatic heterocycles. The second-order valence-corrected chi connectivity index (χ2v) is 13.7. The molecule has 2 N–H and O–H groups in total. The minimum Gasteiger partial charge on any atom is -0.447 e. The van der Waals surface area contributed by atoms with Gasteiger partial charge in [-0.3, -0.25) is 10.1 Å². The predicted molar refractivity (Wildman–Crippen MR) is 174 cm³/mol. The number of hydrogen-bond donors (Lipinski definition) is 2. The van der Waals surface area contributed by atoms with E-state index in [1.165, 1.54) is 12.1 Å². The number of halogens is 10. The van der Waals surface area contributed by atoms with Crippen LogP contribution in [0.4, 0.5) is 60.1 Å². The maximum Gasteiger partial charge on any atom is 0.495 e. The van der Waals surface area contributed by atoms with Crippen LogP contribution in [0.1, 0.15) is 52.7 Å². The number of hydrogen-bond acceptors (Lipinski definition) is 9. The van der Waals surface area contributed by atoms with Gasteiger partial charge in [0.2, 0.25) is 5.91 Å². The van der Waals surface area contributed by atoms with E-state index in [1.807, 2.05) is 12.1 Å². The van der Waals surface area contributed by atoms with Crippen molar-refractivity contribution in [1.82, 2.24) is 0 Å². The average molecular weight is 813 g/mol. The molecule has 2 amide bonds. The summed E-state index contributed by atoms with van der Waals surface area (Å²) < 4.78 is 164. The number of anilines is 2. The van der Waals surface area contributed by atoms with Crippen molar-refractivity contribution in [2.45, 2.75) is 84.3 Å². The van der Waals surface area contributed by atoms with Gasteiger partial charge in [-0.1, -0.05) is 45.0 Å². The minimum absolute atomic E-state index is 0.139. The molecule has 0 radical (unpaired) electrons. The molecule has 0 aliphatic rings. The molecule has 0 aliphatic carbocycles. The fourth-order valence-electron chi connectivity index (χ4n) is 3.81. The summed E-state index contributed by atoms with van der Waals surface area (Å²) in [5.74, 6) is -0.139. The van der Waals surface area contributed by atoms with Crippen molar-refractivity contribution in [3.8, 4) is 0 Å². The van der Waals surface area contributed by atoms with E-state index in [0.717, 1.165) is 11.1 Å². The quantitative estimate of drug-likeness (QED) is 0.0725. The fourth-order valence-corrected chi connectivity index (χ4v) is 3.81. The zero-order valence-corrected chi connectivity index (χ0v) is 30.5. The molecule has 11 nitrogen and oxygen atoms in total. The van der Waals surface area contributed by atoms with Gasteiger partial charge in [0.15, 0.2) is 0 Å². The van der Waals surface area contributed by atoms with Crippen LogP contribution in [0.2, 0.25) is 0 Å². The molecule has 2 aromatic rings. The summed E-state index contributed by atoms with van der Waals surface area (Å²) in [7, 11) is 0. The first-order valence-electron chi connectivity index (χ1n) is 16.2. The van der Waals surface area contributed by atoms with Crippen LogP contribution in [0.5, 0.6) is 0 Å². The van der Waals surface area contributed by atoms with Crippen LogP contribution in [-0.4, -0.2) is 88.0 Å². The first-order chi connectivity index (χ1) is 25.0. The van der Waals surface area contributed by atoms with E-state index in [-0.39, 0.29) is 18.2 Å². The summed E-state index contributed by atoms with van der Waals surface area (Å²) in [6.07, 6.45) is -30.3. The summed E-state index contributed by atoms with van der Waals surface area (Å²) in [6, 6.07) is 13.6. The van der Waals surface area contributed by atoms with Gasteiger partial charge in [-0.25, -0.2) is 19.0 Å². The van der Waals surface area contributed by atoms with Gasteiger partial charge in [-0.05, 0) is 62.6 Å². The molecule has 0 saturated heterocycles. The second kappa shape index (κ2) is 18.9. The molecule has 0 fully saturated rings. The van der Waals surface area contributed by atoms with Crippen LogP contribution >= 0.6 is 0 Å². The third kappa shape index (κ3) is 18.2. The van der Waals surface area contributed by atoms with E-state index in [2.05, 4.69) is 34.3 Å². The maximum atomic E-state index is 13.9. The third-order valence-corrected chi connectivity index (χ3v) is 6.40. The van der Waals surface area contributed by atoms with Crippen LogP contribution in [0.15, 0.2) is 48.5 Å². The van der Waals surface area contributed by atoms with Crippen molar-refractivity contribution < 1.29 is 86.7 Å². The standard InChI is InChI=1S/C34H42F10N2O9/c1-28(2,3)26(47)45-24-11-7-22(8-12-24)19-23-9-13-25(14-10-23)46-27(48)51-17-15-49-20-30(35,36)53-32(39,40)33(41,42)55-34(43,44)54-31(37,38)21-50-16-18-52-29(4,5)6/h7-14H,15-21H2,1-6H3,(H,45,47)(H,46,48). The first kappa shape index (κ1) is 47.4.